The third kappa shape index (κ3) is 3.53. The Morgan fingerprint density at radius 1 is 1.14 bits per heavy atom. The second kappa shape index (κ2) is 6.57. The maximum Gasteiger partial charge on any atom is 0.239 e. The van der Waals surface area contributed by atoms with Gasteiger partial charge < -0.3 is 4.52 Å². The van der Waals surface area contributed by atoms with Crippen molar-refractivity contribution < 1.29 is 9.32 Å². The average molecular weight is 318 g/mol. The highest BCUT2D eigenvalue weighted by molar-refractivity contribution is 8.00. The zero-order chi connectivity index (χ0) is 16.4. The molecule has 4 nitrogen and oxygen atoms in total. The molecule has 0 saturated carbocycles. The highest BCUT2D eigenvalue weighted by Gasteiger charge is 2.19. The van der Waals surface area contributed by atoms with Gasteiger partial charge in [-0.1, -0.05) is 11.2 Å². The van der Waals surface area contributed by atoms with Crippen molar-refractivity contribution in [3.8, 4) is 0 Å². The number of rotatable bonds is 4. The molecular weight excluding hydrogens is 296 g/mol. The summed E-state index contributed by atoms with van der Waals surface area (Å²) in [6.45, 7) is 12.1. The van der Waals surface area contributed by atoms with Crippen LogP contribution in [-0.2, 0) is 4.79 Å². The van der Waals surface area contributed by atoms with Gasteiger partial charge in [0.15, 0.2) is 0 Å². The van der Waals surface area contributed by atoms with Crippen LogP contribution in [0.1, 0.15) is 34.9 Å². The van der Waals surface area contributed by atoms with E-state index in [9.17, 15) is 4.79 Å². The number of benzene rings is 1. The maximum absolute atomic E-state index is 12.3. The first-order valence-corrected chi connectivity index (χ1v) is 8.15. The fraction of sp³-hybridized carbons (Fsp3) is 0.412. The van der Waals surface area contributed by atoms with Gasteiger partial charge in [-0.05, 0) is 63.8 Å². The number of thioether (sulfide) groups is 1. The second-order valence-electron chi connectivity index (χ2n) is 5.67. The predicted octanol–water partition coefficient (Wildman–Crippen LogP) is 4.34. The second-order valence-corrected chi connectivity index (χ2v) is 7.02. The Balaban J connectivity index is 2.15. The van der Waals surface area contributed by atoms with Crippen LogP contribution >= 0.6 is 11.8 Å². The van der Waals surface area contributed by atoms with Gasteiger partial charge in [0, 0.05) is 11.0 Å². The number of nitrogens with zero attached hydrogens (tertiary/aromatic N) is 1. The van der Waals surface area contributed by atoms with Crippen molar-refractivity contribution in [1.29, 1.82) is 0 Å². The van der Waals surface area contributed by atoms with E-state index >= 15 is 0 Å². The lowest BCUT2D eigenvalue weighted by atomic mass is 10.0. The minimum Gasteiger partial charge on any atom is -0.338 e. The lowest BCUT2D eigenvalue weighted by molar-refractivity contribution is -0.115. The van der Waals surface area contributed by atoms with Gasteiger partial charge in [-0.15, -0.1) is 11.8 Å². The molecule has 0 bridgehead atoms. The van der Waals surface area contributed by atoms with Crippen LogP contribution in [0.2, 0.25) is 0 Å². The third-order valence-electron chi connectivity index (χ3n) is 3.84. The summed E-state index contributed by atoms with van der Waals surface area (Å²) in [5.41, 5.74) is 5.73. The van der Waals surface area contributed by atoms with Crippen molar-refractivity contribution in [3.63, 3.8) is 0 Å². The van der Waals surface area contributed by atoms with E-state index in [1.165, 1.54) is 27.1 Å². The summed E-state index contributed by atoms with van der Waals surface area (Å²) in [4.78, 5) is 13.5. The van der Waals surface area contributed by atoms with Gasteiger partial charge in [0.25, 0.3) is 0 Å². The van der Waals surface area contributed by atoms with Gasteiger partial charge in [-0.2, -0.15) is 0 Å². The lowest BCUT2D eigenvalue weighted by Gasteiger charge is -2.17. The standard InChI is InChI=1S/C17H22N2O2S/c1-9-7-10(2)13(5)16(12(9)4)22-14(6)17(20)18-15-8-11(3)19-21-15/h7-8,14H,1-6H3,(H,18,20)/t14-/m1/s1. The number of aryl methyl sites for hydroxylation is 3. The van der Waals surface area contributed by atoms with Crippen LogP contribution in [0.15, 0.2) is 21.6 Å². The molecule has 0 aliphatic rings. The minimum atomic E-state index is -0.219. The summed E-state index contributed by atoms with van der Waals surface area (Å²) in [5.74, 6) is 0.308. The third-order valence-corrected chi connectivity index (χ3v) is 5.25. The molecule has 0 radical (unpaired) electrons. The first-order chi connectivity index (χ1) is 10.3. The monoisotopic (exact) mass is 318 g/mol. The van der Waals surface area contributed by atoms with E-state index in [0.717, 1.165) is 5.69 Å². The van der Waals surface area contributed by atoms with Crippen molar-refractivity contribution in [2.45, 2.75) is 51.7 Å². The largest absolute Gasteiger partial charge is 0.338 e. The SMILES string of the molecule is Cc1cc(NC(=O)[C@@H](C)Sc2c(C)c(C)cc(C)c2C)on1. The highest BCUT2D eigenvalue weighted by Crippen LogP contribution is 2.33. The molecular formula is C17H22N2O2S. The molecule has 0 saturated heterocycles. The van der Waals surface area contributed by atoms with Crippen molar-refractivity contribution in [2.75, 3.05) is 5.32 Å². The van der Waals surface area contributed by atoms with Crippen molar-refractivity contribution in [1.82, 2.24) is 5.16 Å². The van der Waals surface area contributed by atoms with Crippen LogP contribution in [0.4, 0.5) is 5.88 Å². The van der Waals surface area contributed by atoms with E-state index in [1.54, 1.807) is 17.8 Å². The number of anilines is 1. The molecule has 0 unspecified atom stereocenters. The van der Waals surface area contributed by atoms with E-state index in [2.05, 4.69) is 44.2 Å². The Morgan fingerprint density at radius 3 is 2.23 bits per heavy atom. The minimum absolute atomic E-state index is 0.0842. The summed E-state index contributed by atoms with van der Waals surface area (Å²) in [6, 6.07) is 3.90. The van der Waals surface area contributed by atoms with E-state index in [1.807, 2.05) is 13.8 Å². The van der Waals surface area contributed by atoms with E-state index in [0.29, 0.717) is 5.88 Å². The van der Waals surface area contributed by atoms with Gasteiger partial charge in [0.05, 0.1) is 10.9 Å². The molecule has 2 rings (SSSR count). The molecule has 1 atom stereocenters. The first-order valence-electron chi connectivity index (χ1n) is 7.27. The van der Waals surface area contributed by atoms with Crippen LogP contribution in [-0.4, -0.2) is 16.3 Å². The predicted molar refractivity (Wildman–Crippen MR) is 90.6 cm³/mol. The Bertz CT molecular complexity index is 681. The lowest BCUT2D eigenvalue weighted by Crippen LogP contribution is -2.22. The molecule has 118 valence electrons. The summed E-state index contributed by atoms with van der Waals surface area (Å²) in [5, 5.41) is 6.31. The van der Waals surface area contributed by atoms with Crippen LogP contribution in [0.25, 0.3) is 0 Å². The topological polar surface area (TPSA) is 55.1 Å². The van der Waals surface area contributed by atoms with Crippen LogP contribution in [0, 0.1) is 34.6 Å². The molecule has 1 heterocycles. The van der Waals surface area contributed by atoms with Gasteiger partial charge in [0.1, 0.15) is 0 Å². The van der Waals surface area contributed by atoms with Crippen molar-refractivity contribution in [3.05, 3.63) is 40.1 Å². The Morgan fingerprint density at radius 2 is 1.73 bits per heavy atom. The Hall–Kier alpha value is -1.75. The van der Waals surface area contributed by atoms with Crippen LogP contribution in [0.3, 0.4) is 0 Å². The molecule has 0 aliphatic carbocycles. The Labute approximate surface area is 135 Å². The quantitative estimate of drug-likeness (QED) is 0.852. The molecule has 1 amide bonds. The van der Waals surface area contributed by atoms with E-state index in [-0.39, 0.29) is 11.2 Å². The molecule has 1 aromatic heterocycles. The zero-order valence-corrected chi connectivity index (χ0v) is 14.7. The Kier molecular flexibility index (Phi) is 4.96. The van der Waals surface area contributed by atoms with Gasteiger partial charge >= 0.3 is 0 Å². The van der Waals surface area contributed by atoms with Crippen LogP contribution < -0.4 is 5.32 Å². The van der Waals surface area contributed by atoms with Gasteiger partial charge in [-0.25, -0.2) is 0 Å². The van der Waals surface area contributed by atoms with Crippen molar-refractivity contribution in [2.24, 2.45) is 0 Å². The van der Waals surface area contributed by atoms with Gasteiger partial charge in [-0.3, -0.25) is 10.1 Å². The maximum atomic E-state index is 12.3. The summed E-state index contributed by atoms with van der Waals surface area (Å²) >= 11 is 1.59. The fourth-order valence-electron chi connectivity index (χ4n) is 2.23. The van der Waals surface area contributed by atoms with Crippen molar-refractivity contribution >= 4 is 23.6 Å². The van der Waals surface area contributed by atoms with Gasteiger partial charge in [0.2, 0.25) is 11.8 Å². The number of nitrogens with one attached hydrogen (secondary N) is 1. The molecule has 22 heavy (non-hydrogen) atoms. The number of hydrogen-bond acceptors (Lipinski definition) is 4. The number of carbonyl (C=O) groups excluding carboxylic acids is 1. The summed E-state index contributed by atoms with van der Waals surface area (Å²) in [7, 11) is 0. The van der Waals surface area contributed by atoms with E-state index in [4.69, 9.17) is 4.52 Å². The summed E-state index contributed by atoms with van der Waals surface area (Å²) < 4.78 is 5.03. The smallest absolute Gasteiger partial charge is 0.239 e. The zero-order valence-electron chi connectivity index (χ0n) is 13.9. The summed E-state index contributed by atoms with van der Waals surface area (Å²) in [6.07, 6.45) is 0. The van der Waals surface area contributed by atoms with Crippen LogP contribution in [0.5, 0.6) is 0 Å². The number of carbonyl (C=O) groups is 1. The van der Waals surface area contributed by atoms with E-state index < -0.39 is 0 Å². The molecule has 0 fully saturated rings. The molecule has 5 heteroatoms. The number of aromatic nitrogens is 1. The fourth-order valence-corrected chi connectivity index (χ4v) is 3.43. The average Bonchev–Trinajstić information content (AvgIpc) is 2.86. The number of amides is 1. The molecule has 1 aromatic carbocycles. The normalized spacial score (nSPS) is 12.3. The molecule has 0 aliphatic heterocycles. The molecule has 2 aromatic rings. The first kappa shape index (κ1) is 16.6. The molecule has 1 N–H and O–H groups in total. The number of hydrogen-bond donors (Lipinski definition) is 1. The highest BCUT2D eigenvalue weighted by atomic mass is 32.2. The molecule has 0 spiro atoms.